The zero-order valence-electron chi connectivity index (χ0n) is 7.65. The molecule has 1 aromatic heterocycles. The average molecular weight is 235 g/mol. The Kier molecular flexibility index (Phi) is 2.19. The van der Waals surface area contributed by atoms with Gasteiger partial charge in [0.25, 0.3) is 0 Å². The number of alkyl halides is 3. The van der Waals surface area contributed by atoms with Crippen LogP contribution in [-0.2, 0) is 6.18 Å². The Bertz CT molecular complexity index is 513. The van der Waals surface area contributed by atoms with E-state index in [0.717, 1.165) is 12.1 Å². The smallest absolute Gasteiger partial charge is 0.416 e. The predicted molar refractivity (Wildman–Crippen MR) is 51.0 cm³/mol. The Morgan fingerprint density at radius 1 is 1.27 bits per heavy atom. The molecule has 0 saturated carbocycles. The minimum atomic E-state index is -4.36. The lowest BCUT2D eigenvalue weighted by atomic mass is 10.1. The molecule has 15 heavy (non-hydrogen) atoms. The van der Waals surface area contributed by atoms with E-state index < -0.39 is 11.7 Å². The summed E-state index contributed by atoms with van der Waals surface area (Å²) in [5, 5.41) is 0.528. The summed E-state index contributed by atoms with van der Waals surface area (Å²) in [7, 11) is 0. The van der Waals surface area contributed by atoms with Gasteiger partial charge in [-0.15, -0.1) is 0 Å². The number of halogens is 4. The summed E-state index contributed by atoms with van der Waals surface area (Å²) < 4.78 is 42.3. The molecular formula is C10H6ClF3O. The first-order valence-corrected chi connectivity index (χ1v) is 4.53. The van der Waals surface area contributed by atoms with Crippen molar-refractivity contribution >= 4 is 22.6 Å². The van der Waals surface area contributed by atoms with Gasteiger partial charge in [0.15, 0.2) is 0 Å². The maximum atomic E-state index is 12.4. The quantitative estimate of drug-likeness (QED) is 0.658. The van der Waals surface area contributed by atoms with E-state index in [9.17, 15) is 13.2 Å². The second-order valence-corrected chi connectivity index (χ2v) is 3.56. The first-order valence-electron chi connectivity index (χ1n) is 4.15. The van der Waals surface area contributed by atoms with Gasteiger partial charge in [-0.3, -0.25) is 0 Å². The minimum Gasteiger partial charge on any atom is -0.460 e. The molecular weight excluding hydrogens is 229 g/mol. The summed E-state index contributed by atoms with van der Waals surface area (Å²) in [6, 6.07) is 3.24. The molecule has 5 heteroatoms. The van der Waals surface area contributed by atoms with E-state index in [1.54, 1.807) is 6.92 Å². The van der Waals surface area contributed by atoms with Gasteiger partial charge in [-0.25, -0.2) is 0 Å². The highest BCUT2D eigenvalue weighted by Gasteiger charge is 2.31. The van der Waals surface area contributed by atoms with Crippen molar-refractivity contribution < 1.29 is 17.6 Å². The summed E-state index contributed by atoms with van der Waals surface area (Å²) in [6.45, 7) is 1.61. The van der Waals surface area contributed by atoms with Gasteiger partial charge in [0.05, 0.1) is 10.6 Å². The zero-order valence-corrected chi connectivity index (χ0v) is 8.41. The molecule has 2 aromatic rings. The average Bonchev–Trinajstić information content (AvgIpc) is 2.41. The normalized spacial score (nSPS) is 12.3. The maximum absolute atomic E-state index is 12.4. The van der Waals surface area contributed by atoms with Crippen LogP contribution >= 0.6 is 11.6 Å². The lowest BCUT2D eigenvalue weighted by Crippen LogP contribution is -2.03. The lowest BCUT2D eigenvalue weighted by molar-refractivity contribution is -0.137. The van der Waals surface area contributed by atoms with Crippen molar-refractivity contribution in [3.8, 4) is 0 Å². The largest absolute Gasteiger partial charge is 0.460 e. The van der Waals surface area contributed by atoms with Crippen LogP contribution in [0.1, 0.15) is 11.3 Å². The number of aryl methyl sites for hydroxylation is 1. The van der Waals surface area contributed by atoms with Crippen LogP contribution in [0.25, 0.3) is 11.0 Å². The van der Waals surface area contributed by atoms with Crippen LogP contribution in [0.15, 0.2) is 22.6 Å². The van der Waals surface area contributed by atoms with Gasteiger partial charge in [-0.1, -0.05) is 11.6 Å². The third kappa shape index (κ3) is 1.69. The van der Waals surface area contributed by atoms with Gasteiger partial charge in [-0.05, 0) is 25.1 Å². The number of hydrogen-bond donors (Lipinski definition) is 0. The van der Waals surface area contributed by atoms with Crippen LogP contribution in [0.5, 0.6) is 0 Å². The van der Waals surface area contributed by atoms with Crippen LogP contribution in [0, 0.1) is 6.92 Å². The summed E-state index contributed by atoms with van der Waals surface area (Å²) >= 11 is 5.80. The number of fused-ring (bicyclic) bond motifs is 1. The Hall–Kier alpha value is -1.16. The molecule has 80 valence electrons. The van der Waals surface area contributed by atoms with E-state index >= 15 is 0 Å². The van der Waals surface area contributed by atoms with Gasteiger partial charge < -0.3 is 4.42 Å². The standard InChI is InChI=1S/C10H6ClF3O/c1-5-9(11)7-4-6(10(12,13)14)2-3-8(7)15-5/h2-4H,1H3. The van der Waals surface area contributed by atoms with Crippen molar-refractivity contribution in [2.45, 2.75) is 13.1 Å². The Balaban J connectivity index is 2.70. The fourth-order valence-corrected chi connectivity index (χ4v) is 1.55. The molecule has 0 atom stereocenters. The first kappa shape index (κ1) is 10.4. The molecule has 0 spiro atoms. The predicted octanol–water partition coefficient (Wildman–Crippen LogP) is 4.41. The minimum absolute atomic E-state index is 0.233. The monoisotopic (exact) mass is 234 g/mol. The van der Waals surface area contributed by atoms with E-state index in [1.807, 2.05) is 0 Å². The number of hydrogen-bond acceptors (Lipinski definition) is 1. The number of rotatable bonds is 0. The summed E-state index contributed by atoms with van der Waals surface area (Å²) in [5.41, 5.74) is -0.358. The molecule has 0 unspecified atom stereocenters. The molecule has 0 fully saturated rings. The van der Waals surface area contributed by atoms with Gasteiger partial charge >= 0.3 is 6.18 Å². The van der Waals surface area contributed by atoms with E-state index in [4.69, 9.17) is 16.0 Å². The van der Waals surface area contributed by atoms with Crippen LogP contribution in [-0.4, -0.2) is 0 Å². The Morgan fingerprint density at radius 3 is 2.53 bits per heavy atom. The lowest BCUT2D eigenvalue weighted by Gasteiger charge is -2.05. The molecule has 1 heterocycles. The maximum Gasteiger partial charge on any atom is 0.416 e. The van der Waals surface area contributed by atoms with E-state index in [-0.39, 0.29) is 5.02 Å². The molecule has 0 aliphatic heterocycles. The van der Waals surface area contributed by atoms with E-state index in [1.165, 1.54) is 6.07 Å². The van der Waals surface area contributed by atoms with Gasteiger partial charge in [-0.2, -0.15) is 13.2 Å². The molecule has 1 aromatic carbocycles. The summed E-state index contributed by atoms with van der Waals surface area (Å²) in [5.74, 6) is 0.422. The molecule has 0 aliphatic rings. The third-order valence-corrected chi connectivity index (χ3v) is 2.59. The highest BCUT2D eigenvalue weighted by molar-refractivity contribution is 6.36. The highest BCUT2D eigenvalue weighted by atomic mass is 35.5. The fourth-order valence-electron chi connectivity index (χ4n) is 1.37. The van der Waals surface area contributed by atoms with Crippen molar-refractivity contribution in [1.82, 2.24) is 0 Å². The van der Waals surface area contributed by atoms with Crippen LogP contribution in [0.2, 0.25) is 5.02 Å². The van der Waals surface area contributed by atoms with Crippen molar-refractivity contribution in [2.24, 2.45) is 0 Å². The highest BCUT2D eigenvalue weighted by Crippen LogP contribution is 2.35. The van der Waals surface area contributed by atoms with Crippen LogP contribution < -0.4 is 0 Å². The molecule has 0 saturated heterocycles. The van der Waals surface area contributed by atoms with Crippen molar-refractivity contribution in [2.75, 3.05) is 0 Å². The summed E-state index contributed by atoms with van der Waals surface area (Å²) in [4.78, 5) is 0. The SMILES string of the molecule is Cc1oc2ccc(C(F)(F)F)cc2c1Cl. The third-order valence-electron chi connectivity index (χ3n) is 2.12. The fraction of sp³-hybridized carbons (Fsp3) is 0.200. The molecule has 0 aliphatic carbocycles. The van der Waals surface area contributed by atoms with Gasteiger partial charge in [0.2, 0.25) is 0 Å². The van der Waals surface area contributed by atoms with Crippen LogP contribution in [0.4, 0.5) is 13.2 Å². The molecule has 0 N–H and O–H groups in total. The Morgan fingerprint density at radius 2 is 1.93 bits per heavy atom. The second kappa shape index (κ2) is 3.17. The van der Waals surface area contributed by atoms with E-state index in [0.29, 0.717) is 16.7 Å². The topological polar surface area (TPSA) is 13.1 Å². The van der Waals surface area contributed by atoms with Crippen LogP contribution in [0.3, 0.4) is 0 Å². The Labute approximate surface area is 88.4 Å². The number of benzene rings is 1. The van der Waals surface area contributed by atoms with Crippen molar-refractivity contribution in [3.63, 3.8) is 0 Å². The van der Waals surface area contributed by atoms with Crippen molar-refractivity contribution in [3.05, 3.63) is 34.5 Å². The first-order chi connectivity index (χ1) is 6.89. The van der Waals surface area contributed by atoms with Gasteiger partial charge in [0.1, 0.15) is 11.3 Å². The molecule has 0 amide bonds. The molecule has 0 radical (unpaired) electrons. The number of furan rings is 1. The molecule has 1 nitrogen and oxygen atoms in total. The molecule has 2 rings (SSSR count). The zero-order chi connectivity index (χ0) is 11.2. The summed E-state index contributed by atoms with van der Waals surface area (Å²) in [6.07, 6.45) is -4.36. The van der Waals surface area contributed by atoms with Gasteiger partial charge in [0, 0.05) is 5.39 Å². The van der Waals surface area contributed by atoms with Crippen molar-refractivity contribution in [1.29, 1.82) is 0 Å². The second-order valence-electron chi connectivity index (χ2n) is 3.18. The molecule has 0 bridgehead atoms. The van der Waals surface area contributed by atoms with E-state index in [2.05, 4.69) is 0 Å².